The van der Waals surface area contributed by atoms with E-state index in [-0.39, 0.29) is 0 Å². The highest BCUT2D eigenvalue weighted by atomic mass is 16.6. The zero-order valence-electron chi connectivity index (χ0n) is 18.8. The van der Waals surface area contributed by atoms with Gasteiger partial charge in [0.1, 0.15) is 0 Å². The van der Waals surface area contributed by atoms with Gasteiger partial charge in [-0.05, 0) is 48.3 Å². The van der Waals surface area contributed by atoms with Crippen LogP contribution in [-0.4, -0.2) is 32.7 Å². The molecule has 2 aliphatic rings. The normalized spacial score (nSPS) is 18.2. The van der Waals surface area contributed by atoms with Gasteiger partial charge in [-0.2, -0.15) is 0 Å². The number of rotatable bonds is 0. The van der Waals surface area contributed by atoms with Gasteiger partial charge in [0.2, 0.25) is 0 Å². The zero-order valence-corrected chi connectivity index (χ0v) is 18.8. The molecule has 2 rings (SSSR count). The van der Waals surface area contributed by atoms with Crippen LogP contribution < -0.4 is 0 Å². The Morgan fingerprint density at radius 1 is 0.536 bits per heavy atom. The van der Waals surface area contributed by atoms with Crippen LogP contribution in [0.4, 0.5) is 9.59 Å². The number of hydrogen-bond donors (Lipinski definition) is 4. The maximum absolute atomic E-state index is 8.56. The van der Waals surface area contributed by atoms with Crippen LogP contribution in [0.25, 0.3) is 0 Å². The molecule has 0 bridgehead atoms. The van der Waals surface area contributed by atoms with E-state index in [2.05, 4.69) is 41.5 Å². The van der Waals surface area contributed by atoms with Crippen molar-refractivity contribution < 1.29 is 30.0 Å². The van der Waals surface area contributed by atoms with Crippen molar-refractivity contribution in [2.75, 3.05) is 0 Å². The van der Waals surface area contributed by atoms with E-state index in [9.17, 15) is 0 Å². The van der Waals surface area contributed by atoms with Gasteiger partial charge in [0.05, 0.1) is 0 Å². The fourth-order valence-electron chi connectivity index (χ4n) is 3.94. The molecule has 0 unspecified atom stereocenters. The van der Waals surface area contributed by atoms with Crippen molar-refractivity contribution in [1.82, 2.24) is 0 Å². The molecular formula is C22H44O6. The summed E-state index contributed by atoms with van der Waals surface area (Å²) >= 11 is 0. The molecule has 2 saturated carbocycles. The number of hydrogen-bond acceptors (Lipinski definition) is 2. The van der Waals surface area contributed by atoms with Gasteiger partial charge in [0, 0.05) is 0 Å². The van der Waals surface area contributed by atoms with Gasteiger partial charge in [0.25, 0.3) is 0 Å². The van der Waals surface area contributed by atoms with Crippen molar-refractivity contribution in [3.8, 4) is 0 Å². The molecule has 0 aliphatic heterocycles. The van der Waals surface area contributed by atoms with E-state index in [1.165, 1.54) is 64.2 Å². The predicted octanol–water partition coefficient (Wildman–Crippen LogP) is 7.67. The maximum Gasteiger partial charge on any atom is 0.503 e. The van der Waals surface area contributed by atoms with E-state index < -0.39 is 12.3 Å². The molecule has 0 saturated heterocycles. The Kier molecular flexibility index (Phi) is 14.9. The first-order valence-corrected chi connectivity index (χ1v) is 10.5. The summed E-state index contributed by atoms with van der Waals surface area (Å²) in [6, 6.07) is 0. The summed E-state index contributed by atoms with van der Waals surface area (Å²) in [6.45, 7) is 14.3. The van der Waals surface area contributed by atoms with Crippen LogP contribution >= 0.6 is 0 Å². The average Bonchev–Trinajstić information content (AvgIpc) is 2.54. The summed E-state index contributed by atoms with van der Waals surface area (Å²) < 4.78 is 0. The molecule has 168 valence electrons. The molecule has 6 heteroatoms. The van der Waals surface area contributed by atoms with Crippen LogP contribution in [0.3, 0.4) is 0 Å². The summed E-state index contributed by atoms with van der Waals surface area (Å²) in [5, 5.41) is 27.9. The Bertz CT molecular complexity index is 360. The molecular weight excluding hydrogens is 360 g/mol. The van der Waals surface area contributed by atoms with Gasteiger partial charge < -0.3 is 20.4 Å². The third-order valence-electron chi connectivity index (χ3n) is 5.66. The van der Waals surface area contributed by atoms with Crippen molar-refractivity contribution in [2.45, 2.75) is 106 Å². The van der Waals surface area contributed by atoms with E-state index in [0.29, 0.717) is 10.8 Å². The zero-order chi connectivity index (χ0) is 22.4. The second kappa shape index (κ2) is 14.5. The lowest BCUT2D eigenvalue weighted by molar-refractivity contribution is 0.135. The summed E-state index contributed by atoms with van der Waals surface area (Å²) in [6.07, 6.45) is 11.1. The lowest BCUT2D eigenvalue weighted by Crippen LogP contribution is -2.22. The third-order valence-corrected chi connectivity index (χ3v) is 5.66. The van der Waals surface area contributed by atoms with Crippen molar-refractivity contribution >= 4 is 12.3 Å². The van der Waals surface area contributed by atoms with Crippen LogP contribution in [0.1, 0.15) is 106 Å². The Hall–Kier alpha value is -1.46. The van der Waals surface area contributed by atoms with E-state index >= 15 is 0 Å². The van der Waals surface area contributed by atoms with E-state index in [1.807, 2.05) is 0 Å². The highest BCUT2D eigenvalue weighted by Crippen LogP contribution is 2.38. The summed E-state index contributed by atoms with van der Waals surface area (Å²) in [4.78, 5) is 17.1. The number of carbonyl (C=O) groups is 2. The molecule has 0 amide bonds. The van der Waals surface area contributed by atoms with Gasteiger partial charge in [-0.1, -0.05) is 80.1 Å². The fraction of sp³-hybridized carbons (Fsp3) is 0.909. The lowest BCUT2D eigenvalue weighted by Gasteiger charge is -2.33. The largest absolute Gasteiger partial charge is 0.503 e. The minimum atomic E-state index is -1.83. The lowest BCUT2D eigenvalue weighted by atomic mass is 9.72. The smallest absolute Gasteiger partial charge is 0.450 e. The molecule has 6 nitrogen and oxygen atoms in total. The fourth-order valence-corrected chi connectivity index (χ4v) is 3.94. The van der Waals surface area contributed by atoms with Crippen molar-refractivity contribution in [3.63, 3.8) is 0 Å². The maximum atomic E-state index is 8.56. The Balaban J connectivity index is 0. The predicted molar refractivity (Wildman–Crippen MR) is 113 cm³/mol. The highest BCUT2D eigenvalue weighted by molar-refractivity contribution is 5.53. The first-order valence-electron chi connectivity index (χ1n) is 10.5. The van der Waals surface area contributed by atoms with E-state index in [4.69, 9.17) is 30.0 Å². The van der Waals surface area contributed by atoms with Gasteiger partial charge >= 0.3 is 12.3 Å². The van der Waals surface area contributed by atoms with Crippen LogP contribution in [0.2, 0.25) is 0 Å². The van der Waals surface area contributed by atoms with E-state index in [1.54, 1.807) is 0 Å². The molecule has 28 heavy (non-hydrogen) atoms. The second-order valence-electron chi connectivity index (χ2n) is 9.97. The minimum absolute atomic E-state index is 0.570. The molecule has 2 fully saturated rings. The Labute approximate surface area is 171 Å². The first-order chi connectivity index (χ1) is 12.7. The SMILES string of the molecule is CC(C)(C)C1CCCCC1.CC(C)(C)C1CCCCC1.O=C(O)O.O=C(O)O. The molecule has 0 heterocycles. The Morgan fingerprint density at radius 2 is 0.714 bits per heavy atom. The van der Waals surface area contributed by atoms with Crippen LogP contribution in [0.5, 0.6) is 0 Å². The average molecular weight is 405 g/mol. The summed E-state index contributed by atoms with van der Waals surface area (Å²) in [7, 11) is 0. The summed E-state index contributed by atoms with van der Waals surface area (Å²) in [5.74, 6) is 2.00. The van der Waals surface area contributed by atoms with Crippen molar-refractivity contribution in [3.05, 3.63) is 0 Å². The van der Waals surface area contributed by atoms with Gasteiger partial charge in [0.15, 0.2) is 0 Å². The van der Waals surface area contributed by atoms with Gasteiger partial charge in [-0.25, -0.2) is 9.59 Å². The molecule has 0 radical (unpaired) electrons. The van der Waals surface area contributed by atoms with E-state index in [0.717, 1.165) is 11.8 Å². The molecule has 0 aromatic carbocycles. The van der Waals surface area contributed by atoms with Crippen LogP contribution in [0, 0.1) is 22.7 Å². The molecule has 4 N–H and O–H groups in total. The topological polar surface area (TPSA) is 115 Å². The van der Waals surface area contributed by atoms with Gasteiger partial charge in [-0.15, -0.1) is 0 Å². The van der Waals surface area contributed by atoms with Crippen LogP contribution in [-0.2, 0) is 0 Å². The molecule has 2 aliphatic carbocycles. The standard InChI is InChI=1S/2C10H20.2CH2O3/c2*1-10(2,3)9-7-5-4-6-8-9;2*2-1(3)4/h2*9H,4-8H2,1-3H3;2*(H2,2,3,4). The van der Waals surface area contributed by atoms with Gasteiger partial charge in [-0.3, -0.25) is 0 Å². The minimum Gasteiger partial charge on any atom is -0.450 e. The third kappa shape index (κ3) is 19.3. The number of carboxylic acid groups (broad SMARTS) is 4. The Morgan fingerprint density at radius 3 is 0.821 bits per heavy atom. The molecule has 0 aromatic heterocycles. The monoisotopic (exact) mass is 404 g/mol. The quantitative estimate of drug-likeness (QED) is 0.329. The molecule has 0 atom stereocenters. The highest BCUT2D eigenvalue weighted by Gasteiger charge is 2.26. The van der Waals surface area contributed by atoms with Crippen molar-refractivity contribution in [2.24, 2.45) is 22.7 Å². The summed E-state index contributed by atoms with van der Waals surface area (Å²) in [5.41, 5.74) is 1.14. The van der Waals surface area contributed by atoms with Crippen LogP contribution in [0.15, 0.2) is 0 Å². The molecule has 0 spiro atoms. The second-order valence-corrected chi connectivity index (χ2v) is 9.97. The van der Waals surface area contributed by atoms with Crippen molar-refractivity contribution in [1.29, 1.82) is 0 Å². The molecule has 0 aromatic rings. The first kappa shape index (κ1) is 28.7.